The van der Waals surface area contributed by atoms with E-state index in [1.165, 1.54) is 42.6 Å². The first-order chi connectivity index (χ1) is 13.3. The molecule has 0 saturated carbocycles. The first-order valence-electron chi connectivity index (χ1n) is 7.74. The Kier molecular flexibility index (Phi) is 5.28. The van der Waals surface area contributed by atoms with Crippen molar-refractivity contribution in [3.8, 4) is 17.1 Å². The van der Waals surface area contributed by atoms with E-state index in [1.807, 2.05) is 0 Å². The van der Waals surface area contributed by atoms with Gasteiger partial charge in [-0.3, -0.25) is 15.5 Å². The summed E-state index contributed by atoms with van der Waals surface area (Å²) in [6.45, 7) is 0. The lowest BCUT2D eigenvalue weighted by Crippen LogP contribution is -1.99. The van der Waals surface area contributed by atoms with E-state index in [2.05, 4.69) is 10.5 Å². The molecule has 1 heterocycles. The molecule has 10 heteroatoms. The van der Waals surface area contributed by atoms with Gasteiger partial charge in [0.25, 0.3) is 5.69 Å². The lowest BCUT2D eigenvalue weighted by Gasteiger charge is -2.03. The van der Waals surface area contributed by atoms with E-state index in [0.717, 1.165) is 0 Å². The molecule has 3 aromatic rings. The first-order valence-corrected chi connectivity index (χ1v) is 8.12. The summed E-state index contributed by atoms with van der Waals surface area (Å²) < 4.78 is 5.52. The molecule has 0 spiro atoms. The Balaban J connectivity index is 1.77. The number of hydrazone groups is 1. The van der Waals surface area contributed by atoms with E-state index in [0.29, 0.717) is 11.4 Å². The lowest BCUT2D eigenvalue weighted by atomic mass is 10.1. The molecule has 2 aromatic carbocycles. The monoisotopic (exact) mass is 401 g/mol. The fourth-order valence-electron chi connectivity index (χ4n) is 2.33. The van der Waals surface area contributed by atoms with Crippen LogP contribution < -0.4 is 5.43 Å². The van der Waals surface area contributed by atoms with Crippen molar-refractivity contribution in [2.24, 2.45) is 5.10 Å². The summed E-state index contributed by atoms with van der Waals surface area (Å²) in [6.07, 6.45) is 1.33. The minimum Gasteiger partial charge on any atom is -0.507 e. The smallest absolute Gasteiger partial charge is 0.337 e. The van der Waals surface area contributed by atoms with Crippen molar-refractivity contribution in [2.45, 2.75) is 0 Å². The highest BCUT2D eigenvalue weighted by Crippen LogP contribution is 2.33. The number of nitro groups is 1. The van der Waals surface area contributed by atoms with Crippen LogP contribution in [0.15, 0.2) is 58.0 Å². The second kappa shape index (κ2) is 7.80. The zero-order valence-corrected chi connectivity index (χ0v) is 14.8. The maximum absolute atomic E-state index is 11.1. The summed E-state index contributed by atoms with van der Waals surface area (Å²) in [6, 6.07) is 11.0. The van der Waals surface area contributed by atoms with Gasteiger partial charge in [-0.2, -0.15) is 5.10 Å². The van der Waals surface area contributed by atoms with Crippen molar-refractivity contribution in [1.82, 2.24) is 0 Å². The maximum atomic E-state index is 11.1. The Morgan fingerprint density at radius 2 is 2.00 bits per heavy atom. The van der Waals surface area contributed by atoms with Gasteiger partial charge in [-0.05, 0) is 36.4 Å². The molecular formula is C18H12ClN3O6. The number of furan rings is 1. The van der Waals surface area contributed by atoms with Crippen LogP contribution >= 0.6 is 11.6 Å². The molecule has 0 atom stereocenters. The van der Waals surface area contributed by atoms with E-state index in [-0.39, 0.29) is 33.3 Å². The predicted octanol–water partition coefficient (Wildman–Crippen LogP) is 4.36. The van der Waals surface area contributed by atoms with Crippen LogP contribution in [0, 0.1) is 10.1 Å². The molecular weight excluding hydrogens is 390 g/mol. The number of nitro benzene ring substituents is 1. The quantitative estimate of drug-likeness (QED) is 0.317. The highest BCUT2D eigenvalue weighted by Gasteiger charge is 2.14. The Bertz CT molecular complexity index is 1090. The van der Waals surface area contributed by atoms with Crippen molar-refractivity contribution in [2.75, 3.05) is 5.43 Å². The number of carbonyl (C=O) groups is 1. The van der Waals surface area contributed by atoms with Crippen LogP contribution in [-0.4, -0.2) is 27.3 Å². The minimum atomic E-state index is -1.16. The zero-order chi connectivity index (χ0) is 20.3. The van der Waals surface area contributed by atoms with Crippen LogP contribution in [0.25, 0.3) is 11.3 Å². The molecule has 142 valence electrons. The predicted molar refractivity (Wildman–Crippen MR) is 102 cm³/mol. The number of benzene rings is 2. The molecule has 0 unspecified atom stereocenters. The van der Waals surface area contributed by atoms with Crippen molar-refractivity contribution in [3.63, 3.8) is 0 Å². The molecule has 0 fully saturated rings. The van der Waals surface area contributed by atoms with E-state index >= 15 is 0 Å². The largest absolute Gasteiger partial charge is 0.507 e. The number of phenols is 1. The second-order valence-electron chi connectivity index (χ2n) is 5.53. The number of aromatic hydroxyl groups is 1. The van der Waals surface area contributed by atoms with Crippen LogP contribution in [-0.2, 0) is 0 Å². The van der Waals surface area contributed by atoms with Crippen molar-refractivity contribution >= 4 is 35.2 Å². The number of hydrogen-bond donors (Lipinski definition) is 3. The van der Waals surface area contributed by atoms with Gasteiger partial charge in [0, 0.05) is 12.1 Å². The topological polar surface area (TPSA) is 138 Å². The summed E-state index contributed by atoms with van der Waals surface area (Å²) in [5.74, 6) is -0.794. The number of anilines is 1. The minimum absolute atomic E-state index is 0.0664. The van der Waals surface area contributed by atoms with E-state index < -0.39 is 10.9 Å². The van der Waals surface area contributed by atoms with Crippen LogP contribution in [0.5, 0.6) is 5.75 Å². The first kappa shape index (κ1) is 18.9. The number of phenolic OH excluding ortho intramolecular Hbond substituents is 1. The average Bonchev–Trinajstić information content (AvgIpc) is 3.11. The second-order valence-corrected chi connectivity index (χ2v) is 5.94. The molecule has 0 amide bonds. The van der Waals surface area contributed by atoms with E-state index in [1.54, 1.807) is 12.1 Å². The zero-order valence-electron chi connectivity index (χ0n) is 14.0. The van der Waals surface area contributed by atoms with Gasteiger partial charge in [-0.1, -0.05) is 11.6 Å². The van der Waals surface area contributed by atoms with E-state index in [9.17, 15) is 20.0 Å². The number of halogens is 1. The highest BCUT2D eigenvalue weighted by atomic mass is 35.5. The molecule has 0 bridgehead atoms. The van der Waals surface area contributed by atoms with Crippen LogP contribution in [0.4, 0.5) is 11.4 Å². The molecule has 1 aromatic heterocycles. The SMILES string of the molecule is O=C(O)c1cc(N/N=C\c2ccc(-c3cc([N+](=O)[O-])ccc3O)o2)ccc1Cl. The molecule has 3 rings (SSSR count). The number of aromatic carboxylic acids is 1. The standard InChI is InChI=1S/C18H12ClN3O6/c19-15-4-1-10(7-13(15)18(24)25)21-20-9-12-3-6-17(28-12)14-8-11(22(26)27)2-5-16(14)23/h1-9,21,23H,(H,24,25)/b20-9-. The van der Waals surface area contributed by atoms with Crippen molar-refractivity contribution in [3.05, 3.63) is 75.0 Å². The number of nitrogens with zero attached hydrogens (tertiary/aromatic N) is 2. The van der Waals surface area contributed by atoms with Crippen LogP contribution in [0.1, 0.15) is 16.1 Å². The summed E-state index contributed by atoms with van der Waals surface area (Å²) in [5.41, 5.74) is 2.98. The van der Waals surface area contributed by atoms with Gasteiger partial charge in [-0.25, -0.2) is 4.79 Å². The number of non-ortho nitro benzene ring substituents is 1. The fraction of sp³-hybridized carbons (Fsp3) is 0. The van der Waals surface area contributed by atoms with Crippen LogP contribution in [0.2, 0.25) is 5.02 Å². The Morgan fingerprint density at radius 3 is 2.71 bits per heavy atom. The molecule has 0 aliphatic rings. The Hall–Kier alpha value is -3.85. The number of hydrogen-bond acceptors (Lipinski definition) is 7. The third-order valence-corrected chi connectivity index (χ3v) is 3.99. The normalized spacial score (nSPS) is 10.9. The molecule has 0 saturated heterocycles. The van der Waals surface area contributed by atoms with Crippen molar-refractivity contribution in [1.29, 1.82) is 0 Å². The highest BCUT2D eigenvalue weighted by molar-refractivity contribution is 6.33. The number of rotatable bonds is 6. The molecule has 28 heavy (non-hydrogen) atoms. The Labute approximate surface area is 162 Å². The van der Waals surface area contributed by atoms with Gasteiger partial charge in [0.05, 0.1) is 33.0 Å². The van der Waals surface area contributed by atoms with Crippen molar-refractivity contribution < 1.29 is 24.3 Å². The fourth-order valence-corrected chi connectivity index (χ4v) is 2.53. The van der Waals surface area contributed by atoms with E-state index in [4.69, 9.17) is 21.1 Å². The van der Waals surface area contributed by atoms with Gasteiger partial charge in [0.1, 0.15) is 17.3 Å². The number of nitrogens with one attached hydrogen (secondary N) is 1. The van der Waals surface area contributed by atoms with Gasteiger partial charge in [0.15, 0.2) is 0 Å². The average molecular weight is 402 g/mol. The Morgan fingerprint density at radius 1 is 1.21 bits per heavy atom. The molecule has 9 nitrogen and oxygen atoms in total. The summed E-state index contributed by atoms with van der Waals surface area (Å²) >= 11 is 5.80. The third kappa shape index (κ3) is 4.10. The van der Waals surface area contributed by atoms with Gasteiger partial charge in [-0.15, -0.1) is 0 Å². The van der Waals surface area contributed by atoms with Gasteiger partial charge >= 0.3 is 5.97 Å². The lowest BCUT2D eigenvalue weighted by molar-refractivity contribution is -0.384. The van der Waals surface area contributed by atoms with Crippen LogP contribution in [0.3, 0.4) is 0 Å². The summed E-state index contributed by atoms with van der Waals surface area (Å²) in [4.78, 5) is 21.4. The third-order valence-electron chi connectivity index (χ3n) is 3.67. The van der Waals surface area contributed by atoms with Gasteiger partial charge < -0.3 is 14.6 Å². The molecule has 0 aliphatic carbocycles. The molecule has 0 aliphatic heterocycles. The molecule has 3 N–H and O–H groups in total. The molecule has 0 radical (unpaired) electrons. The maximum Gasteiger partial charge on any atom is 0.337 e. The summed E-state index contributed by atoms with van der Waals surface area (Å²) in [5, 5.41) is 33.9. The van der Waals surface area contributed by atoms with Gasteiger partial charge in [0.2, 0.25) is 0 Å². The summed E-state index contributed by atoms with van der Waals surface area (Å²) in [7, 11) is 0. The number of carboxylic acids is 1. The number of carboxylic acid groups (broad SMARTS) is 1.